The Kier molecular flexibility index (Phi) is 4.95. The Bertz CT molecular complexity index is 47.7. The van der Waals surface area contributed by atoms with Crippen LogP contribution in [0.5, 0.6) is 0 Å². The molecule has 0 unspecified atom stereocenters. The molecule has 0 aromatic carbocycles. The van der Waals surface area contributed by atoms with Gasteiger partial charge in [0.1, 0.15) is 0 Å². The highest BCUT2D eigenvalue weighted by Crippen LogP contribution is 1.76. The monoisotopic (exact) mass is 119 g/mol. The topological polar surface area (TPSA) is 55.5 Å². The van der Waals surface area contributed by atoms with Crippen molar-refractivity contribution in [2.75, 3.05) is 19.8 Å². The van der Waals surface area contributed by atoms with Gasteiger partial charge in [-0.3, -0.25) is 0 Å². The Morgan fingerprint density at radius 2 is 2.38 bits per heavy atom. The zero-order chi connectivity index (χ0) is 6.41. The molecule has 0 aromatic rings. The number of hydrogen-bond donors (Lipinski definition) is 2. The first kappa shape index (κ1) is 7.88. The van der Waals surface area contributed by atoms with Crippen LogP contribution in [0.2, 0.25) is 0 Å². The van der Waals surface area contributed by atoms with E-state index in [2.05, 4.69) is 0 Å². The number of ether oxygens (including phenoxy) is 1. The summed E-state index contributed by atoms with van der Waals surface area (Å²) in [6.07, 6.45) is 0. The van der Waals surface area contributed by atoms with Crippen molar-refractivity contribution in [3.8, 4) is 0 Å². The molecule has 0 aliphatic carbocycles. The van der Waals surface area contributed by atoms with Crippen molar-refractivity contribution in [1.82, 2.24) is 0 Å². The third-order valence-electron chi connectivity index (χ3n) is 0.616. The minimum absolute atomic E-state index is 0.0709. The van der Waals surface area contributed by atoms with Gasteiger partial charge in [-0.2, -0.15) is 0 Å². The van der Waals surface area contributed by atoms with E-state index < -0.39 is 0 Å². The lowest BCUT2D eigenvalue weighted by Crippen LogP contribution is -2.22. The number of rotatable bonds is 4. The minimum Gasteiger partial charge on any atom is -0.394 e. The van der Waals surface area contributed by atoms with E-state index in [1.54, 1.807) is 0 Å². The smallest absolute Gasteiger partial charge is 0.0698 e. The largest absolute Gasteiger partial charge is 0.394 e. The highest BCUT2D eigenvalue weighted by molar-refractivity contribution is 4.47. The lowest BCUT2D eigenvalue weighted by molar-refractivity contribution is 0.0858. The van der Waals surface area contributed by atoms with Crippen molar-refractivity contribution < 1.29 is 9.84 Å². The zero-order valence-electron chi connectivity index (χ0n) is 5.13. The summed E-state index contributed by atoms with van der Waals surface area (Å²) < 4.78 is 4.87. The van der Waals surface area contributed by atoms with Crippen molar-refractivity contribution in [3.63, 3.8) is 0 Å². The molecule has 3 heteroatoms. The van der Waals surface area contributed by atoms with Crippen LogP contribution in [-0.4, -0.2) is 31.0 Å². The summed E-state index contributed by atoms with van der Waals surface area (Å²) in [5, 5.41) is 8.21. The van der Waals surface area contributed by atoms with Crippen LogP contribution >= 0.6 is 0 Å². The predicted octanol–water partition coefficient (Wildman–Crippen LogP) is -0.658. The Labute approximate surface area is 49.4 Å². The molecule has 8 heavy (non-hydrogen) atoms. The molecule has 0 aliphatic rings. The van der Waals surface area contributed by atoms with Gasteiger partial charge in [-0.15, -0.1) is 0 Å². The summed E-state index contributed by atoms with van der Waals surface area (Å²) in [6, 6.07) is 0.0709. The molecule has 3 N–H and O–H groups in total. The summed E-state index contributed by atoms with van der Waals surface area (Å²) in [5.74, 6) is 0. The molecule has 0 fully saturated rings. The maximum Gasteiger partial charge on any atom is 0.0698 e. The van der Waals surface area contributed by atoms with Gasteiger partial charge in [-0.1, -0.05) is 0 Å². The first-order chi connectivity index (χ1) is 3.77. The number of aliphatic hydroxyl groups excluding tert-OH is 1. The molecule has 1 atom stereocenters. The third-order valence-corrected chi connectivity index (χ3v) is 0.616. The van der Waals surface area contributed by atoms with E-state index in [-0.39, 0.29) is 12.6 Å². The molecule has 0 saturated carbocycles. The Morgan fingerprint density at radius 1 is 1.75 bits per heavy atom. The lowest BCUT2D eigenvalue weighted by Gasteiger charge is -2.03. The van der Waals surface area contributed by atoms with Crippen LogP contribution in [0, 0.1) is 0 Å². The summed E-state index contributed by atoms with van der Waals surface area (Å²) in [7, 11) is 0. The van der Waals surface area contributed by atoms with E-state index in [4.69, 9.17) is 15.6 Å². The van der Waals surface area contributed by atoms with Gasteiger partial charge >= 0.3 is 0 Å². The molecular formula is C5H13NO2. The molecule has 0 aromatic heterocycles. The number of nitrogens with two attached hydrogens (primary N) is 1. The van der Waals surface area contributed by atoms with E-state index in [9.17, 15) is 0 Å². The maximum atomic E-state index is 8.21. The Balaban J connectivity index is 2.72. The van der Waals surface area contributed by atoms with Crippen LogP contribution in [0.3, 0.4) is 0 Å². The van der Waals surface area contributed by atoms with Crippen LogP contribution in [0.15, 0.2) is 0 Å². The van der Waals surface area contributed by atoms with Gasteiger partial charge in [0.25, 0.3) is 0 Å². The quantitative estimate of drug-likeness (QED) is 0.483. The van der Waals surface area contributed by atoms with Gasteiger partial charge in [0.15, 0.2) is 0 Å². The van der Waals surface area contributed by atoms with Crippen molar-refractivity contribution in [1.29, 1.82) is 0 Å². The van der Waals surface area contributed by atoms with E-state index in [1.807, 2.05) is 6.92 Å². The first-order valence-corrected chi connectivity index (χ1v) is 2.71. The first-order valence-electron chi connectivity index (χ1n) is 2.71. The van der Waals surface area contributed by atoms with Gasteiger partial charge in [0, 0.05) is 6.04 Å². The van der Waals surface area contributed by atoms with E-state index in [1.165, 1.54) is 0 Å². The summed E-state index contributed by atoms with van der Waals surface area (Å²) >= 11 is 0. The van der Waals surface area contributed by atoms with E-state index in [0.717, 1.165) is 0 Å². The normalized spacial score (nSPS) is 13.9. The highest BCUT2D eigenvalue weighted by Gasteiger charge is 1.90. The van der Waals surface area contributed by atoms with Gasteiger partial charge in [0.05, 0.1) is 19.8 Å². The van der Waals surface area contributed by atoms with Gasteiger partial charge in [-0.25, -0.2) is 0 Å². The average Bonchev–Trinajstić information content (AvgIpc) is 1.66. The lowest BCUT2D eigenvalue weighted by atomic mass is 10.4. The van der Waals surface area contributed by atoms with E-state index in [0.29, 0.717) is 13.2 Å². The summed E-state index contributed by atoms with van der Waals surface area (Å²) in [4.78, 5) is 0. The summed E-state index contributed by atoms with van der Waals surface area (Å²) in [6.45, 7) is 2.85. The van der Waals surface area contributed by atoms with Gasteiger partial charge < -0.3 is 15.6 Å². The fourth-order valence-corrected chi connectivity index (χ4v) is 0.334. The molecule has 0 spiro atoms. The molecule has 0 aliphatic heterocycles. The second kappa shape index (κ2) is 5.03. The second-order valence-electron chi connectivity index (χ2n) is 1.78. The van der Waals surface area contributed by atoms with Crippen molar-refractivity contribution in [2.45, 2.75) is 13.0 Å². The number of hydrogen-bond acceptors (Lipinski definition) is 3. The Morgan fingerprint density at radius 3 is 2.75 bits per heavy atom. The Hall–Kier alpha value is -0.120. The molecular weight excluding hydrogens is 106 g/mol. The summed E-state index contributed by atoms with van der Waals surface area (Å²) in [5.41, 5.74) is 5.33. The van der Waals surface area contributed by atoms with Crippen molar-refractivity contribution in [3.05, 3.63) is 0 Å². The number of aliphatic hydroxyl groups is 1. The van der Waals surface area contributed by atoms with E-state index >= 15 is 0 Å². The predicted molar refractivity (Wildman–Crippen MR) is 31.6 cm³/mol. The SMILES string of the molecule is C[C@H](N)COCCO. The van der Waals surface area contributed by atoms with Gasteiger partial charge in [-0.05, 0) is 6.92 Å². The van der Waals surface area contributed by atoms with Gasteiger partial charge in [0.2, 0.25) is 0 Å². The van der Waals surface area contributed by atoms with Crippen molar-refractivity contribution >= 4 is 0 Å². The third kappa shape index (κ3) is 5.88. The molecule has 0 heterocycles. The molecule has 50 valence electrons. The van der Waals surface area contributed by atoms with Crippen LogP contribution < -0.4 is 5.73 Å². The zero-order valence-corrected chi connectivity index (χ0v) is 5.13. The average molecular weight is 119 g/mol. The maximum absolute atomic E-state index is 8.21. The molecule has 0 radical (unpaired) electrons. The molecule has 0 amide bonds. The molecule has 0 rings (SSSR count). The molecule has 0 bridgehead atoms. The van der Waals surface area contributed by atoms with Crippen LogP contribution in [0.1, 0.15) is 6.92 Å². The highest BCUT2D eigenvalue weighted by atomic mass is 16.5. The minimum atomic E-state index is 0.0709. The standard InChI is InChI=1S/C5H13NO2/c1-5(6)4-8-3-2-7/h5,7H,2-4,6H2,1H3/t5-/m0/s1. The fourth-order valence-electron chi connectivity index (χ4n) is 0.334. The fraction of sp³-hybridized carbons (Fsp3) is 1.00. The molecule has 3 nitrogen and oxygen atoms in total. The van der Waals surface area contributed by atoms with Crippen LogP contribution in [0.25, 0.3) is 0 Å². The second-order valence-corrected chi connectivity index (χ2v) is 1.78. The van der Waals surface area contributed by atoms with Crippen LogP contribution in [0.4, 0.5) is 0 Å². The van der Waals surface area contributed by atoms with Crippen molar-refractivity contribution in [2.24, 2.45) is 5.73 Å². The van der Waals surface area contributed by atoms with Crippen LogP contribution in [-0.2, 0) is 4.74 Å². The molecule has 0 saturated heterocycles.